The van der Waals surface area contributed by atoms with Crippen molar-refractivity contribution in [2.45, 2.75) is 26.4 Å². The molecule has 1 N–H and O–H groups in total. The van der Waals surface area contributed by atoms with Crippen LogP contribution in [0.25, 0.3) is 0 Å². The van der Waals surface area contributed by atoms with Gasteiger partial charge < -0.3 is 5.32 Å². The largest absolute Gasteiger partial charge is 0.352 e. The van der Waals surface area contributed by atoms with Gasteiger partial charge in [0.15, 0.2) is 0 Å². The van der Waals surface area contributed by atoms with Crippen molar-refractivity contribution in [2.75, 3.05) is 6.54 Å². The Morgan fingerprint density at radius 3 is 2.82 bits per heavy atom. The summed E-state index contributed by atoms with van der Waals surface area (Å²) < 4.78 is 2.89. The van der Waals surface area contributed by atoms with Gasteiger partial charge in [-0.3, -0.25) is 24.3 Å². The fourth-order valence-corrected chi connectivity index (χ4v) is 1.93. The van der Waals surface area contributed by atoms with Crippen molar-refractivity contribution in [3.05, 3.63) is 39.4 Å². The van der Waals surface area contributed by atoms with Gasteiger partial charge in [0.2, 0.25) is 5.91 Å². The van der Waals surface area contributed by atoms with Crippen LogP contribution >= 0.6 is 11.6 Å². The van der Waals surface area contributed by atoms with E-state index in [-0.39, 0.29) is 11.6 Å². The number of carbonyl (C=O) groups is 1. The van der Waals surface area contributed by atoms with E-state index in [4.69, 9.17) is 11.6 Å². The first-order valence-corrected chi connectivity index (χ1v) is 6.92. The predicted molar refractivity (Wildman–Crippen MR) is 78.6 cm³/mol. The number of hydrogen-bond donors (Lipinski definition) is 1. The van der Waals surface area contributed by atoms with E-state index >= 15 is 0 Å². The molecule has 0 spiro atoms. The van der Waals surface area contributed by atoms with Crippen LogP contribution in [0, 0.1) is 17.0 Å². The molecule has 1 unspecified atom stereocenters. The molecule has 2 aromatic heterocycles. The zero-order chi connectivity index (χ0) is 16.3. The maximum absolute atomic E-state index is 12.0. The monoisotopic (exact) mass is 326 g/mol. The lowest BCUT2D eigenvalue weighted by molar-refractivity contribution is -0.385. The van der Waals surface area contributed by atoms with Crippen LogP contribution in [0.15, 0.2) is 18.6 Å². The second-order valence-corrected chi connectivity index (χ2v) is 5.14. The highest BCUT2D eigenvalue weighted by atomic mass is 35.5. The van der Waals surface area contributed by atoms with Crippen molar-refractivity contribution in [1.82, 2.24) is 24.9 Å². The number of halogens is 1. The van der Waals surface area contributed by atoms with E-state index in [1.54, 1.807) is 20.0 Å². The van der Waals surface area contributed by atoms with Crippen LogP contribution in [-0.4, -0.2) is 36.9 Å². The minimum absolute atomic E-state index is 0.0821. The molecule has 0 aliphatic rings. The van der Waals surface area contributed by atoms with Gasteiger partial charge in [-0.15, -0.1) is 0 Å². The third-order valence-corrected chi connectivity index (χ3v) is 3.47. The zero-order valence-electron chi connectivity index (χ0n) is 12.1. The second-order valence-electron chi connectivity index (χ2n) is 4.73. The van der Waals surface area contributed by atoms with Crippen molar-refractivity contribution in [2.24, 2.45) is 0 Å². The summed E-state index contributed by atoms with van der Waals surface area (Å²) in [5.74, 6) is -0.221. The normalized spacial score (nSPS) is 12.1. The molecule has 0 aliphatic carbocycles. The molecule has 22 heavy (non-hydrogen) atoms. The number of rotatable bonds is 6. The van der Waals surface area contributed by atoms with Crippen LogP contribution in [0.4, 0.5) is 5.69 Å². The molecule has 2 heterocycles. The topological polar surface area (TPSA) is 108 Å². The first kappa shape index (κ1) is 16.0. The van der Waals surface area contributed by atoms with Gasteiger partial charge in [0.25, 0.3) is 0 Å². The highest BCUT2D eigenvalue weighted by Crippen LogP contribution is 2.15. The first-order valence-electron chi connectivity index (χ1n) is 6.54. The summed E-state index contributed by atoms with van der Waals surface area (Å²) in [5, 5.41) is 21.8. The van der Waals surface area contributed by atoms with Crippen LogP contribution in [0.3, 0.4) is 0 Å². The van der Waals surface area contributed by atoms with E-state index < -0.39 is 11.0 Å². The lowest BCUT2D eigenvalue weighted by atomic mass is 10.3. The predicted octanol–water partition coefficient (Wildman–Crippen LogP) is 1.33. The van der Waals surface area contributed by atoms with Gasteiger partial charge in [0.1, 0.15) is 18.4 Å². The summed E-state index contributed by atoms with van der Waals surface area (Å²) in [6.07, 6.45) is 4.07. The number of aryl methyl sites for hydroxylation is 1. The minimum atomic E-state index is -0.520. The van der Waals surface area contributed by atoms with Crippen LogP contribution in [0.2, 0.25) is 5.02 Å². The molecule has 0 radical (unpaired) electrons. The molecule has 0 aromatic carbocycles. The Kier molecular flexibility index (Phi) is 4.76. The Labute approximate surface area is 131 Å². The molecule has 0 bridgehead atoms. The number of aromatic nitrogens is 4. The molecule has 2 aromatic rings. The van der Waals surface area contributed by atoms with Gasteiger partial charge in [0.05, 0.1) is 22.2 Å². The third-order valence-electron chi connectivity index (χ3n) is 3.10. The van der Waals surface area contributed by atoms with Crippen LogP contribution < -0.4 is 5.32 Å². The van der Waals surface area contributed by atoms with Crippen molar-refractivity contribution in [1.29, 1.82) is 0 Å². The lowest BCUT2D eigenvalue weighted by Gasteiger charge is -2.12. The summed E-state index contributed by atoms with van der Waals surface area (Å²) in [7, 11) is 0. The van der Waals surface area contributed by atoms with E-state index in [0.717, 1.165) is 0 Å². The molecule has 1 amide bonds. The molecule has 0 saturated heterocycles. The minimum Gasteiger partial charge on any atom is -0.352 e. The molecule has 2 rings (SSSR count). The number of amides is 1. The van der Waals surface area contributed by atoms with Gasteiger partial charge in [-0.25, -0.2) is 0 Å². The zero-order valence-corrected chi connectivity index (χ0v) is 12.8. The van der Waals surface area contributed by atoms with E-state index in [1.165, 1.54) is 21.8 Å². The Hall–Kier alpha value is -2.42. The standard InChI is InChI=1S/C12H15ClN6O3/c1-8-11(13)7-18(16-8)9(2)12(20)14-3-4-17-6-10(5-15-17)19(21)22/h5-7,9H,3-4H2,1-2H3,(H,14,20). The number of nitrogens with one attached hydrogen (secondary N) is 1. The molecule has 0 fully saturated rings. The Bertz CT molecular complexity index is 675. The molecule has 1 atom stereocenters. The van der Waals surface area contributed by atoms with Crippen LogP contribution in [-0.2, 0) is 11.3 Å². The average molecular weight is 327 g/mol. The maximum atomic E-state index is 12.0. The molecule has 0 aliphatic heterocycles. The lowest BCUT2D eigenvalue weighted by Crippen LogP contribution is -2.33. The molecule has 118 valence electrons. The highest BCUT2D eigenvalue weighted by molar-refractivity contribution is 6.31. The van der Waals surface area contributed by atoms with E-state index in [0.29, 0.717) is 23.8 Å². The number of hydrogen-bond acceptors (Lipinski definition) is 5. The smallest absolute Gasteiger partial charge is 0.306 e. The maximum Gasteiger partial charge on any atom is 0.306 e. The van der Waals surface area contributed by atoms with E-state index in [1.807, 2.05) is 0 Å². The van der Waals surface area contributed by atoms with Crippen molar-refractivity contribution >= 4 is 23.2 Å². The van der Waals surface area contributed by atoms with Crippen LogP contribution in [0.1, 0.15) is 18.7 Å². The second kappa shape index (κ2) is 6.56. The van der Waals surface area contributed by atoms with Crippen molar-refractivity contribution in [3.63, 3.8) is 0 Å². The summed E-state index contributed by atoms with van der Waals surface area (Å²) in [4.78, 5) is 22.0. The molecule has 9 nitrogen and oxygen atoms in total. The summed E-state index contributed by atoms with van der Waals surface area (Å²) in [6.45, 7) is 4.10. The summed E-state index contributed by atoms with van der Waals surface area (Å²) >= 11 is 5.91. The van der Waals surface area contributed by atoms with Crippen molar-refractivity contribution in [3.8, 4) is 0 Å². The Morgan fingerprint density at radius 2 is 2.27 bits per heavy atom. The molecular weight excluding hydrogens is 312 g/mol. The van der Waals surface area contributed by atoms with Gasteiger partial charge in [-0.1, -0.05) is 11.6 Å². The van der Waals surface area contributed by atoms with E-state index in [9.17, 15) is 14.9 Å². The average Bonchev–Trinajstić information content (AvgIpc) is 3.06. The molecule has 0 saturated carbocycles. The van der Waals surface area contributed by atoms with E-state index in [2.05, 4.69) is 15.5 Å². The highest BCUT2D eigenvalue weighted by Gasteiger charge is 2.17. The SMILES string of the molecule is Cc1nn(C(C)C(=O)NCCn2cc([N+](=O)[O-])cn2)cc1Cl. The first-order chi connectivity index (χ1) is 10.4. The van der Waals surface area contributed by atoms with Gasteiger partial charge in [-0.05, 0) is 13.8 Å². The summed E-state index contributed by atoms with van der Waals surface area (Å²) in [5.41, 5.74) is 0.575. The third kappa shape index (κ3) is 3.61. The van der Waals surface area contributed by atoms with Gasteiger partial charge in [0, 0.05) is 12.7 Å². The fourth-order valence-electron chi connectivity index (χ4n) is 1.79. The van der Waals surface area contributed by atoms with Gasteiger partial charge in [-0.2, -0.15) is 10.2 Å². The molecular formula is C12H15ClN6O3. The number of nitro groups is 1. The quantitative estimate of drug-likeness (QED) is 0.636. The number of nitrogens with zero attached hydrogens (tertiary/aromatic N) is 5. The summed E-state index contributed by atoms with van der Waals surface area (Å²) in [6, 6.07) is -0.502. The number of carbonyl (C=O) groups excluding carboxylic acids is 1. The van der Waals surface area contributed by atoms with Crippen LogP contribution in [0.5, 0.6) is 0 Å². The van der Waals surface area contributed by atoms with Gasteiger partial charge >= 0.3 is 5.69 Å². The Morgan fingerprint density at radius 1 is 1.55 bits per heavy atom. The Balaban J connectivity index is 1.85. The van der Waals surface area contributed by atoms with Crippen molar-refractivity contribution < 1.29 is 9.72 Å². The molecule has 10 heteroatoms. The fraction of sp³-hybridized carbons (Fsp3) is 0.417.